The first kappa shape index (κ1) is 14.0. The lowest BCUT2D eigenvalue weighted by Gasteiger charge is -2.18. The maximum absolute atomic E-state index is 12.4. The number of carbonyl (C=O) groups is 1. The molecule has 2 N–H and O–H groups in total. The molecule has 2 aromatic carbocycles. The summed E-state index contributed by atoms with van der Waals surface area (Å²) in [5.74, 6) is -0.0510. The van der Waals surface area contributed by atoms with E-state index in [9.17, 15) is 4.79 Å². The Labute approximate surface area is 129 Å². The molecule has 0 saturated carbocycles. The molecule has 3 rings (SSSR count). The zero-order chi connectivity index (χ0) is 14.7. The van der Waals surface area contributed by atoms with Crippen molar-refractivity contribution in [2.24, 2.45) is 0 Å². The standard InChI is InChI=1S/C17H18N2OS/c1-21-16-7-3-2-6-15(16)19-17(20)13-8-9-14-12(11-13)5-4-10-18-14/h2-3,6-9,11,18H,4-5,10H2,1H3,(H,19,20). The SMILES string of the molecule is CSc1ccccc1NC(=O)c1ccc2c(c1)CCCN2. The summed E-state index contributed by atoms with van der Waals surface area (Å²) in [6, 6.07) is 13.7. The van der Waals surface area contributed by atoms with Gasteiger partial charge in [0, 0.05) is 22.7 Å². The van der Waals surface area contributed by atoms with Crippen LogP contribution in [0.25, 0.3) is 0 Å². The van der Waals surface area contributed by atoms with Crippen LogP contribution in [0.4, 0.5) is 11.4 Å². The van der Waals surface area contributed by atoms with Crippen LogP contribution in [0.1, 0.15) is 22.3 Å². The van der Waals surface area contributed by atoms with Crippen LogP contribution in [-0.2, 0) is 6.42 Å². The number of benzene rings is 2. The van der Waals surface area contributed by atoms with Gasteiger partial charge in [-0.2, -0.15) is 0 Å². The quantitative estimate of drug-likeness (QED) is 0.841. The summed E-state index contributed by atoms with van der Waals surface area (Å²) in [5, 5.41) is 6.37. The molecule has 0 spiro atoms. The third-order valence-electron chi connectivity index (χ3n) is 3.66. The van der Waals surface area contributed by atoms with Gasteiger partial charge in [-0.1, -0.05) is 12.1 Å². The fraction of sp³-hybridized carbons (Fsp3) is 0.235. The van der Waals surface area contributed by atoms with E-state index in [1.54, 1.807) is 11.8 Å². The summed E-state index contributed by atoms with van der Waals surface area (Å²) in [6.07, 6.45) is 4.16. The number of thioether (sulfide) groups is 1. The van der Waals surface area contributed by atoms with Crippen molar-refractivity contribution in [3.8, 4) is 0 Å². The van der Waals surface area contributed by atoms with Crippen molar-refractivity contribution in [2.45, 2.75) is 17.7 Å². The number of hydrogen-bond acceptors (Lipinski definition) is 3. The number of carbonyl (C=O) groups excluding carboxylic acids is 1. The molecule has 0 radical (unpaired) electrons. The molecule has 0 aliphatic carbocycles. The summed E-state index contributed by atoms with van der Waals surface area (Å²) >= 11 is 1.63. The van der Waals surface area contributed by atoms with Gasteiger partial charge in [0.1, 0.15) is 0 Å². The lowest BCUT2D eigenvalue weighted by molar-refractivity contribution is 0.102. The first-order chi connectivity index (χ1) is 10.3. The van der Waals surface area contributed by atoms with E-state index in [1.165, 1.54) is 5.56 Å². The van der Waals surface area contributed by atoms with Gasteiger partial charge in [0.2, 0.25) is 0 Å². The second-order valence-corrected chi connectivity index (χ2v) is 5.90. The van der Waals surface area contributed by atoms with Crippen molar-refractivity contribution in [1.82, 2.24) is 0 Å². The van der Waals surface area contributed by atoms with Crippen LogP contribution in [0.3, 0.4) is 0 Å². The van der Waals surface area contributed by atoms with E-state index in [4.69, 9.17) is 0 Å². The zero-order valence-electron chi connectivity index (χ0n) is 12.0. The van der Waals surface area contributed by atoms with E-state index in [1.807, 2.05) is 48.7 Å². The highest BCUT2D eigenvalue weighted by atomic mass is 32.2. The Bertz CT molecular complexity index is 670. The van der Waals surface area contributed by atoms with Crippen molar-refractivity contribution in [3.05, 3.63) is 53.6 Å². The molecule has 1 amide bonds. The molecule has 0 bridgehead atoms. The number of fused-ring (bicyclic) bond motifs is 1. The van der Waals surface area contributed by atoms with Gasteiger partial charge in [-0.15, -0.1) is 11.8 Å². The van der Waals surface area contributed by atoms with Crippen LogP contribution in [0.5, 0.6) is 0 Å². The van der Waals surface area contributed by atoms with Gasteiger partial charge >= 0.3 is 0 Å². The topological polar surface area (TPSA) is 41.1 Å². The van der Waals surface area contributed by atoms with E-state index in [2.05, 4.69) is 10.6 Å². The number of aryl methyl sites for hydroxylation is 1. The monoisotopic (exact) mass is 298 g/mol. The summed E-state index contributed by atoms with van der Waals surface area (Å²) in [6.45, 7) is 1.01. The van der Waals surface area contributed by atoms with Crippen molar-refractivity contribution in [3.63, 3.8) is 0 Å². The second kappa shape index (κ2) is 6.22. The van der Waals surface area contributed by atoms with Crippen molar-refractivity contribution in [1.29, 1.82) is 0 Å². The molecule has 1 heterocycles. The van der Waals surface area contributed by atoms with E-state index in [0.29, 0.717) is 5.56 Å². The number of rotatable bonds is 3. The smallest absolute Gasteiger partial charge is 0.255 e. The fourth-order valence-electron chi connectivity index (χ4n) is 2.56. The first-order valence-corrected chi connectivity index (χ1v) is 8.31. The predicted molar refractivity (Wildman–Crippen MR) is 89.4 cm³/mol. The molecular weight excluding hydrogens is 280 g/mol. The Hall–Kier alpha value is -1.94. The zero-order valence-corrected chi connectivity index (χ0v) is 12.8. The second-order valence-electron chi connectivity index (χ2n) is 5.06. The molecule has 21 heavy (non-hydrogen) atoms. The highest BCUT2D eigenvalue weighted by molar-refractivity contribution is 7.98. The summed E-state index contributed by atoms with van der Waals surface area (Å²) in [4.78, 5) is 13.5. The Morgan fingerprint density at radius 1 is 1.24 bits per heavy atom. The molecule has 0 atom stereocenters. The average molecular weight is 298 g/mol. The van der Waals surface area contributed by atoms with Crippen LogP contribution in [0, 0.1) is 0 Å². The van der Waals surface area contributed by atoms with E-state index >= 15 is 0 Å². The Balaban J connectivity index is 1.82. The minimum absolute atomic E-state index is 0.0510. The minimum atomic E-state index is -0.0510. The van der Waals surface area contributed by atoms with Gasteiger partial charge in [-0.25, -0.2) is 0 Å². The Kier molecular flexibility index (Phi) is 4.15. The predicted octanol–water partition coefficient (Wildman–Crippen LogP) is 4.02. The van der Waals surface area contributed by atoms with Gasteiger partial charge in [-0.05, 0) is 55.0 Å². The summed E-state index contributed by atoms with van der Waals surface area (Å²) in [5.41, 5.74) is 3.97. The van der Waals surface area contributed by atoms with E-state index < -0.39 is 0 Å². The molecule has 108 valence electrons. The first-order valence-electron chi connectivity index (χ1n) is 7.09. The molecule has 4 heteroatoms. The molecule has 0 fully saturated rings. The van der Waals surface area contributed by atoms with E-state index in [0.717, 1.165) is 35.7 Å². The minimum Gasteiger partial charge on any atom is -0.385 e. The van der Waals surface area contributed by atoms with Crippen molar-refractivity contribution in [2.75, 3.05) is 23.4 Å². The maximum Gasteiger partial charge on any atom is 0.255 e. The van der Waals surface area contributed by atoms with Crippen LogP contribution >= 0.6 is 11.8 Å². The molecule has 0 aromatic heterocycles. The van der Waals surface area contributed by atoms with Crippen LogP contribution < -0.4 is 10.6 Å². The van der Waals surface area contributed by atoms with Gasteiger partial charge in [0.05, 0.1) is 5.69 Å². The summed E-state index contributed by atoms with van der Waals surface area (Å²) in [7, 11) is 0. The van der Waals surface area contributed by atoms with Crippen LogP contribution in [0.15, 0.2) is 47.4 Å². The van der Waals surface area contributed by atoms with Gasteiger partial charge in [0.15, 0.2) is 0 Å². The maximum atomic E-state index is 12.4. The number of nitrogens with one attached hydrogen (secondary N) is 2. The van der Waals surface area contributed by atoms with Crippen molar-refractivity contribution < 1.29 is 4.79 Å². The molecule has 0 unspecified atom stereocenters. The number of anilines is 2. The van der Waals surface area contributed by atoms with Crippen molar-refractivity contribution >= 4 is 29.0 Å². The molecule has 2 aromatic rings. The highest BCUT2D eigenvalue weighted by Gasteiger charge is 2.13. The normalized spacial score (nSPS) is 13.2. The van der Waals surface area contributed by atoms with Crippen LogP contribution in [0.2, 0.25) is 0 Å². The lowest BCUT2D eigenvalue weighted by Crippen LogP contribution is -2.16. The fourth-order valence-corrected chi connectivity index (χ4v) is 3.11. The molecule has 3 nitrogen and oxygen atoms in total. The van der Waals surface area contributed by atoms with Gasteiger partial charge in [0.25, 0.3) is 5.91 Å². The lowest BCUT2D eigenvalue weighted by atomic mass is 10.0. The largest absolute Gasteiger partial charge is 0.385 e. The third kappa shape index (κ3) is 3.05. The molecule has 0 saturated heterocycles. The van der Waals surface area contributed by atoms with Gasteiger partial charge in [-0.3, -0.25) is 4.79 Å². The third-order valence-corrected chi connectivity index (χ3v) is 4.46. The molecular formula is C17H18N2OS. The Morgan fingerprint density at radius 3 is 2.95 bits per heavy atom. The Morgan fingerprint density at radius 2 is 2.10 bits per heavy atom. The number of amides is 1. The van der Waals surface area contributed by atoms with Crippen LogP contribution in [-0.4, -0.2) is 18.7 Å². The van der Waals surface area contributed by atoms with Gasteiger partial charge < -0.3 is 10.6 Å². The average Bonchev–Trinajstić information content (AvgIpc) is 2.55. The molecule has 1 aliphatic rings. The van der Waals surface area contributed by atoms with E-state index in [-0.39, 0.29) is 5.91 Å². The summed E-state index contributed by atoms with van der Waals surface area (Å²) < 4.78 is 0. The number of para-hydroxylation sites is 1. The highest BCUT2D eigenvalue weighted by Crippen LogP contribution is 2.26. The molecule has 1 aliphatic heterocycles. The number of hydrogen-bond donors (Lipinski definition) is 2.